The molecule has 0 fully saturated rings. The van der Waals surface area contributed by atoms with Gasteiger partial charge in [0.1, 0.15) is 0 Å². The van der Waals surface area contributed by atoms with Crippen LogP contribution in [0.3, 0.4) is 0 Å². The molecule has 13 nitrogen and oxygen atoms in total. The first-order chi connectivity index (χ1) is 23.7. The highest BCUT2D eigenvalue weighted by atomic mass is 16.6. The number of azo groups is 1. The third-order valence-corrected chi connectivity index (χ3v) is 7.40. The second-order valence-corrected chi connectivity index (χ2v) is 11.0. The minimum Gasteiger partial charge on any atom is -0.481 e. The van der Waals surface area contributed by atoms with Gasteiger partial charge in [0.2, 0.25) is 11.8 Å². The number of carbonyl (C=O) groups is 2. The number of aromatic nitrogens is 2. The summed E-state index contributed by atoms with van der Waals surface area (Å²) in [5, 5.41) is 45.8. The summed E-state index contributed by atoms with van der Waals surface area (Å²) in [4.78, 5) is 34.3. The van der Waals surface area contributed by atoms with Crippen molar-refractivity contribution in [2.45, 2.75) is 25.7 Å². The summed E-state index contributed by atoms with van der Waals surface area (Å²) >= 11 is 0. The monoisotopic (exact) mass is 660 g/mol. The average Bonchev–Trinajstić information content (AvgIpc) is 3.60. The molecule has 0 bridgehead atoms. The molecule has 0 amide bonds. The van der Waals surface area contributed by atoms with Crippen LogP contribution in [0.4, 0.5) is 22.7 Å². The van der Waals surface area contributed by atoms with E-state index in [1.807, 2.05) is 65.6 Å². The van der Waals surface area contributed by atoms with Gasteiger partial charge in [0.25, 0.3) is 5.69 Å². The van der Waals surface area contributed by atoms with Crippen LogP contribution >= 0.6 is 0 Å². The van der Waals surface area contributed by atoms with Crippen LogP contribution in [0.5, 0.6) is 0 Å². The fraction of sp³-hybridized carbons (Fsp3) is 0.167. The van der Waals surface area contributed by atoms with E-state index in [0.717, 1.165) is 27.9 Å². The molecule has 5 aromatic rings. The summed E-state index contributed by atoms with van der Waals surface area (Å²) in [5.74, 6) is -1.01. The third-order valence-electron chi connectivity index (χ3n) is 7.40. The van der Waals surface area contributed by atoms with Gasteiger partial charge in [-0.15, -0.1) is 10.2 Å². The van der Waals surface area contributed by atoms with Gasteiger partial charge in [0.05, 0.1) is 16.3 Å². The molecule has 1 aromatic heterocycles. The van der Waals surface area contributed by atoms with Crippen molar-refractivity contribution in [2.75, 3.05) is 18.0 Å². The fourth-order valence-corrected chi connectivity index (χ4v) is 4.82. The van der Waals surface area contributed by atoms with Gasteiger partial charge < -0.3 is 19.5 Å². The van der Waals surface area contributed by atoms with Gasteiger partial charge in [0.15, 0.2) is 0 Å². The first-order valence-electron chi connectivity index (χ1n) is 15.4. The molecule has 248 valence electrons. The van der Waals surface area contributed by atoms with E-state index in [-0.39, 0.29) is 18.5 Å². The number of nitro groups is 1. The Balaban J connectivity index is 1.17. The highest BCUT2D eigenvalue weighted by Crippen LogP contribution is 2.28. The number of nitrogens with zero attached hydrogens (tertiary/aromatic N) is 6. The van der Waals surface area contributed by atoms with Crippen LogP contribution < -0.4 is 4.90 Å². The second kappa shape index (κ2) is 16.4. The first kappa shape index (κ1) is 33.9. The number of hydrogen-bond acceptors (Lipinski definition) is 10. The molecule has 4 aromatic carbocycles. The summed E-state index contributed by atoms with van der Waals surface area (Å²) in [6.07, 6.45) is 4.76. The Labute approximate surface area is 281 Å². The molecule has 0 spiro atoms. The lowest BCUT2D eigenvalue weighted by atomic mass is 10.1. The number of non-ortho nitro benzene ring substituents is 1. The number of anilines is 1. The van der Waals surface area contributed by atoms with Crippen LogP contribution in [0.25, 0.3) is 35.1 Å². The Kier molecular flexibility index (Phi) is 11.3. The highest BCUT2D eigenvalue weighted by Gasteiger charge is 2.12. The molecule has 49 heavy (non-hydrogen) atoms. The predicted molar refractivity (Wildman–Crippen MR) is 184 cm³/mol. The molecule has 0 aliphatic heterocycles. The van der Waals surface area contributed by atoms with Gasteiger partial charge in [-0.05, 0) is 96.8 Å². The maximum absolute atomic E-state index is 10.9. The maximum atomic E-state index is 10.9. The van der Waals surface area contributed by atoms with Gasteiger partial charge in [-0.3, -0.25) is 19.7 Å². The van der Waals surface area contributed by atoms with Crippen molar-refractivity contribution in [1.29, 1.82) is 0 Å². The van der Waals surface area contributed by atoms with Crippen molar-refractivity contribution in [3.8, 4) is 22.9 Å². The lowest BCUT2D eigenvalue weighted by Crippen LogP contribution is -2.26. The van der Waals surface area contributed by atoms with E-state index in [2.05, 4.69) is 20.4 Å². The van der Waals surface area contributed by atoms with Gasteiger partial charge >= 0.3 is 11.9 Å². The fourth-order valence-electron chi connectivity index (χ4n) is 4.82. The van der Waals surface area contributed by atoms with Crippen LogP contribution in [-0.2, 0) is 9.59 Å². The van der Waals surface area contributed by atoms with Crippen molar-refractivity contribution < 1.29 is 29.1 Å². The van der Waals surface area contributed by atoms with Crippen molar-refractivity contribution >= 4 is 46.8 Å². The van der Waals surface area contributed by atoms with E-state index >= 15 is 0 Å². The van der Waals surface area contributed by atoms with Gasteiger partial charge in [0, 0.05) is 54.9 Å². The molecule has 2 N–H and O–H groups in total. The van der Waals surface area contributed by atoms with Crippen molar-refractivity contribution in [3.05, 3.63) is 118 Å². The number of carboxylic acid groups (broad SMARTS) is 2. The Bertz CT molecular complexity index is 1920. The average molecular weight is 661 g/mol. The standard InChI is InChI=1S/C36H32N6O7/c43-33(44)3-1-23-41(24-2-4-34(45)46)31-21-17-30(18-22-31)38-37-29-15-13-28(14-16-29)36-40-39-35(49-36)27-11-7-25(8-12-27)5-6-26-9-19-32(20-10-26)42(47)48/h5-22H,1-4,23-24H2,(H,43,44)(H,45,46)/b6-5+,38-37?. The van der Waals surface area contributed by atoms with Gasteiger partial charge in [-0.1, -0.05) is 24.3 Å². The third kappa shape index (κ3) is 9.99. The Morgan fingerprint density at radius 1 is 0.694 bits per heavy atom. The quantitative estimate of drug-likeness (QED) is 0.0450. The Hall–Kier alpha value is -6.50. The zero-order valence-electron chi connectivity index (χ0n) is 26.3. The first-order valence-corrected chi connectivity index (χ1v) is 15.4. The number of rotatable bonds is 16. The number of carboxylic acids is 2. The van der Waals surface area contributed by atoms with E-state index in [1.165, 1.54) is 12.1 Å². The van der Waals surface area contributed by atoms with Crippen LogP contribution in [0.2, 0.25) is 0 Å². The molecule has 1 heterocycles. The molecule has 0 saturated heterocycles. The summed E-state index contributed by atoms with van der Waals surface area (Å²) in [5.41, 5.74) is 5.40. The van der Waals surface area contributed by atoms with Crippen molar-refractivity contribution in [2.24, 2.45) is 10.2 Å². The van der Waals surface area contributed by atoms with Gasteiger partial charge in [-0.25, -0.2) is 0 Å². The van der Waals surface area contributed by atoms with E-state index in [1.54, 1.807) is 36.4 Å². The SMILES string of the molecule is O=C(O)CCCN(CCCC(=O)O)c1ccc(N=Nc2ccc(-c3nnc(-c4ccc(/C=C/c5ccc([N+](=O)[O-])cc5)cc4)o3)cc2)cc1. The molecule has 0 radical (unpaired) electrons. The zero-order valence-corrected chi connectivity index (χ0v) is 26.3. The van der Waals surface area contributed by atoms with Crippen LogP contribution in [-0.4, -0.2) is 50.4 Å². The van der Waals surface area contributed by atoms with E-state index in [9.17, 15) is 19.7 Å². The van der Waals surface area contributed by atoms with Crippen molar-refractivity contribution in [1.82, 2.24) is 10.2 Å². The molecule has 0 unspecified atom stereocenters. The summed E-state index contributed by atoms with van der Waals surface area (Å²) in [7, 11) is 0. The predicted octanol–water partition coefficient (Wildman–Crippen LogP) is 8.43. The molecule has 5 rings (SSSR count). The Morgan fingerprint density at radius 3 is 1.57 bits per heavy atom. The van der Waals surface area contributed by atoms with Gasteiger partial charge in [-0.2, -0.15) is 10.2 Å². The molecular weight excluding hydrogens is 628 g/mol. The van der Waals surface area contributed by atoms with E-state index in [4.69, 9.17) is 14.6 Å². The highest BCUT2D eigenvalue weighted by molar-refractivity contribution is 5.71. The van der Waals surface area contributed by atoms with Crippen LogP contribution in [0.1, 0.15) is 36.8 Å². The minimum absolute atomic E-state index is 0.0382. The lowest BCUT2D eigenvalue weighted by Gasteiger charge is -2.24. The number of hydrogen-bond donors (Lipinski definition) is 2. The van der Waals surface area contributed by atoms with E-state index < -0.39 is 16.9 Å². The maximum Gasteiger partial charge on any atom is 0.303 e. The smallest absolute Gasteiger partial charge is 0.303 e. The van der Waals surface area contributed by atoms with Crippen molar-refractivity contribution in [3.63, 3.8) is 0 Å². The summed E-state index contributed by atoms with van der Waals surface area (Å²) < 4.78 is 5.92. The zero-order chi connectivity index (χ0) is 34.6. The van der Waals surface area contributed by atoms with Crippen LogP contribution in [0.15, 0.2) is 112 Å². The lowest BCUT2D eigenvalue weighted by molar-refractivity contribution is -0.384. The number of aliphatic carboxylic acids is 2. The largest absolute Gasteiger partial charge is 0.481 e. The number of nitro benzene ring substituents is 1. The normalized spacial score (nSPS) is 11.3. The molecule has 0 aliphatic carbocycles. The van der Waals surface area contributed by atoms with E-state index in [0.29, 0.717) is 49.1 Å². The molecule has 0 saturated carbocycles. The number of benzene rings is 4. The van der Waals surface area contributed by atoms with Crippen LogP contribution in [0, 0.1) is 10.1 Å². The molecular formula is C36H32N6O7. The summed E-state index contributed by atoms with van der Waals surface area (Å²) in [6, 6.07) is 28.4. The molecule has 0 aliphatic rings. The topological polar surface area (TPSA) is 185 Å². The second-order valence-electron chi connectivity index (χ2n) is 11.0. The minimum atomic E-state index is -0.868. The molecule has 0 atom stereocenters. The molecule has 13 heteroatoms. The summed E-state index contributed by atoms with van der Waals surface area (Å²) in [6.45, 7) is 0.997. The Morgan fingerprint density at radius 2 is 1.12 bits per heavy atom.